The van der Waals surface area contributed by atoms with Crippen molar-refractivity contribution >= 4 is 15.7 Å². The van der Waals surface area contributed by atoms with Crippen LogP contribution in [-0.2, 0) is 10.0 Å². The summed E-state index contributed by atoms with van der Waals surface area (Å²) in [6, 6.07) is 2.46. The first-order valence-corrected chi connectivity index (χ1v) is 6.30. The fourth-order valence-electron chi connectivity index (χ4n) is 1.38. The van der Waals surface area contributed by atoms with Crippen molar-refractivity contribution in [2.75, 3.05) is 14.1 Å². The van der Waals surface area contributed by atoms with E-state index in [4.69, 9.17) is 0 Å². The van der Waals surface area contributed by atoms with Gasteiger partial charge in [0.2, 0.25) is 10.0 Å². The molecule has 0 aliphatic heterocycles. The van der Waals surface area contributed by atoms with Crippen molar-refractivity contribution in [3.63, 3.8) is 0 Å². The molecule has 6 nitrogen and oxygen atoms in total. The molecule has 0 saturated heterocycles. The summed E-state index contributed by atoms with van der Waals surface area (Å²) in [4.78, 5) is 10.1. The highest BCUT2D eigenvalue weighted by Gasteiger charge is 2.24. The minimum atomic E-state index is -3.66. The van der Waals surface area contributed by atoms with Gasteiger partial charge in [-0.3, -0.25) is 10.1 Å². The second-order valence-electron chi connectivity index (χ2n) is 3.93. The van der Waals surface area contributed by atoms with Gasteiger partial charge in [0.05, 0.1) is 9.82 Å². The van der Waals surface area contributed by atoms with Crippen molar-refractivity contribution in [3.8, 4) is 0 Å². The molecule has 0 spiro atoms. The Balaban J connectivity index is 3.60. The minimum absolute atomic E-state index is 0.0193. The van der Waals surface area contributed by atoms with Gasteiger partial charge in [0.15, 0.2) is 0 Å². The number of hydrogen-bond acceptors (Lipinski definition) is 4. The highest BCUT2D eigenvalue weighted by atomic mass is 32.2. The monoisotopic (exact) mass is 258 g/mol. The third kappa shape index (κ3) is 2.45. The molecule has 0 saturated carbocycles. The van der Waals surface area contributed by atoms with Gasteiger partial charge in [-0.1, -0.05) is 0 Å². The van der Waals surface area contributed by atoms with Gasteiger partial charge >= 0.3 is 0 Å². The lowest BCUT2D eigenvalue weighted by Gasteiger charge is -2.14. The lowest BCUT2D eigenvalue weighted by Crippen LogP contribution is -2.23. The molecule has 0 unspecified atom stereocenters. The van der Waals surface area contributed by atoms with Crippen molar-refractivity contribution < 1.29 is 13.3 Å². The van der Waals surface area contributed by atoms with Crippen molar-refractivity contribution in [1.29, 1.82) is 0 Å². The summed E-state index contributed by atoms with van der Waals surface area (Å²) in [6.45, 7) is 3.28. The normalized spacial score (nSPS) is 11.8. The van der Waals surface area contributed by atoms with Crippen LogP contribution in [0.1, 0.15) is 11.1 Å². The Hall–Kier alpha value is -1.47. The summed E-state index contributed by atoms with van der Waals surface area (Å²) in [7, 11) is -0.874. The Morgan fingerprint density at radius 3 is 2.18 bits per heavy atom. The highest BCUT2D eigenvalue weighted by molar-refractivity contribution is 7.89. The predicted molar refractivity (Wildman–Crippen MR) is 63.4 cm³/mol. The molecular weight excluding hydrogens is 244 g/mol. The van der Waals surface area contributed by atoms with Crippen molar-refractivity contribution in [2.24, 2.45) is 0 Å². The summed E-state index contributed by atoms with van der Waals surface area (Å²) in [5.74, 6) is 0. The molecule has 7 heteroatoms. The lowest BCUT2D eigenvalue weighted by atomic mass is 10.1. The molecule has 94 valence electrons. The topological polar surface area (TPSA) is 80.5 Å². The average molecular weight is 258 g/mol. The molecule has 1 aromatic rings. The van der Waals surface area contributed by atoms with Gasteiger partial charge in [-0.05, 0) is 25.0 Å². The van der Waals surface area contributed by atoms with Crippen LogP contribution in [0.3, 0.4) is 0 Å². The largest absolute Gasteiger partial charge is 0.271 e. The molecule has 1 aromatic carbocycles. The summed E-state index contributed by atoms with van der Waals surface area (Å²) < 4.78 is 25.0. The fourth-order valence-corrected chi connectivity index (χ4v) is 2.59. The molecule has 0 aromatic heterocycles. The lowest BCUT2D eigenvalue weighted by molar-refractivity contribution is -0.385. The van der Waals surface area contributed by atoms with Crippen LogP contribution in [0.15, 0.2) is 17.0 Å². The first kappa shape index (κ1) is 13.6. The molecule has 0 N–H and O–H groups in total. The van der Waals surface area contributed by atoms with E-state index in [2.05, 4.69) is 0 Å². The van der Waals surface area contributed by atoms with Gasteiger partial charge < -0.3 is 0 Å². The summed E-state index contributed by atoms with van der Waals surface area (Å²) in [6.07, 6.45) is 0. The Labute approximate surface area is 100 Å². The molecule has 17 heavy (non-hydrogen) atoms. The highest BCUT2D eigenvalue weighted by Crippen LogP contribution is 2.26. The van der Waals surface area contributed by atoms with Gasteiger partial charge in [0.1, 0.15) is 0 Å². The quantitative estimate of drug-likeness (QED) is 0.607. The number of non-ortho nitro benzene ring substituents is 1. The zero-order valence-electron chi connectivity index (χ0n) is 10.1. The van der Waals surface area contributed by atoms with Gasteiger partial charge in [-0.15, -0.1) is 0 Å². The summed E-state index contributed by atoms with van der Waals surface area (Å²) in [5.41, 5.74) is 0.900. The zero-order chi connectivity index (χ0) is 13.4. The number of hydrogen-bond donors (Lipinski definition) is 0. The number of nitro groups is 1. The Morgan fingerprint density at radius 1 is 1.24 bits per heavy atom. The molecule has 0 aliphatic carbocycles. The van der Waals surface area contributed by atoms with E-state index in [1.807, 2.05) is 0 Å². The van der Waals surface area contributed by atoms with E-state index in [1.165, 1.54) is 20.2 Å². The zero-order valence-corrected chi connectivity index (χ0v) is 10.9. The van der Waals surface area contributed by atoms with Crippen LogP contribution in [0, 0.1) is 24.0 Å². The van der Waals surface area contributed by atoms with Crippen LogP contribution in [-0.4, -0.2) is 31.7 Å². The maximum Gasteiger partial charge on any atom is 0.271 e. The first-order valence-electron chi connectivity index (χ1n) is 4.86. The fraction of sp³-hybridized carbons (Fsp3) is 0.400. The molecule has 0 atom stereocenters. The molecule has 0 bridgehead atoms. The summed E-state index contributed by atoms with van der Waals surface area (Å²) >= 11 is 0. The van der Waals surface area contributed by atoms with E-state index in [1.54, 1.807) is 13.8 Å². The number of rotatable bonds is 3. The minimum Gasteiger partial charge on any atom is -0.258 e. The second-order valence-corrected chi connectivity index (χ2v) is 6.05. The van der Waals surface area contributed by atoms with Crippen LogP contribution >= 0.6 is 0 Å². The van der Waals surface area contributed by atoms with E-state index < -0.39 is 14.9 Å². The van der Waals surface area contributed by atoms with E-state index in [9.17, 15) is 18.5 Å². The van der Waals surface area contributed by atoms with Crippen molar-refractivity contribution in [3.05, 3.63) is 33.4 Å². The van der Waals surface area contributed by atoms with Crippen LogP contribution < -0.4 is 0 Å². The number of benzene rings is 1. The Kier molecular flexibility index (Phi) is 3.53. The van der Waals surface area contributed by atoms with E-state index in [-0.39, 0.29) is 10.6 Å². The average Bonchev–Trinajstić information content (AvgIpc) is 2.20. The second kappa shape index (κ2) is 4.42. The maximum absolute atomic E-state index is 12.0. The third-order valence-corrected chi connectivity index (χ3v) is 4.52. The standard InChI is InChI=1S/C10H14N2O4S/c1-7-5-9(12(13)14)6-10(8(7)2)17(15,16)11(3)4/h5-6H,1-4H3. The molecule has 0 heterocycles. The van der Waals surface area contributed by atoms with E-state index in [0.29, 0.717) is 11.1 Å². The molecule has 0 radical (unpaired) electrons. The van der Waals surface area contributed by atoms with Crippen LogP contribution in [0.4, 0.5) is 5.69 Å². The molecule has 0 amide bonds. The molecular formula is C10H14N2O4S. The smallest absolute Gasteiger partial charge is 0.258 e. The van der Waals surface area contributed by atoms with Gasteiger partial charge in [-0.2, -0.15) is 0 Å². The number of sulfonamides is 1. The molecule has 0 fully saturated rings. The van der Waals surface area contributed by atoms with Crippen molar-refractivity contribution in [1.82, 2.24) is 4.31 Å². The maximum atomic E-state index is 12.0. The Bertz CT molecular complexity index is 564. The van der Waals surface area contributed by atoms with Crippen LogP contribution in [0.25, 0.3) is 0 Å². The Morgan fingerprint density at radius 2 is 1.76 bits per heavy atom. The number of aryl methyl sites for hydroxylation is 1. The van der Waals surface area contributed by atoms with Gasteiger partial charge in [0, 0.05) is 26.2 Å². The van der Waals surface area contributed by atoms with Crippen molar-refractivity contribution in [2.45, 2.75) is 18.7 Å². The van der Waals surface area contributed by atoms with Gasteiger partial charge in [-0.25, -0.2) is 12.7 Å². The van der Waals surface area contributed by atoms with E-state index in [0.717, 1.165) is 10.4 Å². The summed E-state index contributed by atoms with van der Waals surface area (Å²) in [5, 5.41) is 10.7. The first-order chi connectivity index (χ1) is 7.67. The molecule has 0 aliphatic rings. The number of nitro benzene ring substituents is 1. The van der Waals surface area contributed by atoms with E-state index >= 15 is 0 Å². The third-order valence-electron chi connectivity index (χ3n) is 2.57. The van der Waals surface area contributed by atoms with Crippen LogP contribution in [0.5, 0.6) is 0 Å². The van der Waals surface area contributed by atoms with Crippen LogP contribution in [0.2, 0.25) is 0 Å². The van der Waals surface area contributed by atoms with Gasteiger partial charge in [0.25, 0.3) is 5.69 Å². The SMILES string of the molecule is Cc1cc([N+](=O)[O-])cc(S(=O)(=O)N(C)C)c1C. The number of nitrogens with zero attached hydrogens (tertiary/aromatic N) is 2. The molecule has 1 rings (SSSR count). The predicted octanol–water partition coefficient (Wildman–Crippen LogP) is 1.46.